The first-order chi connectivity index (χ1) is 13.8. The van der Waals surface area contributed by atoms with Crippen molar-refractivity contribution in [3.63, 3.8) is 0 Å². The van der Waals surface area contributed by atoms with Crippen LogP contribution in [0.1, 0.15) is 37.5 Å². The molecular formula is C21H19F2N3O2S. The third-order valence-corrected chi connectivity index (χ3v) is 5.38. The van der Waals surface area contributed by atoms with Crippen molar-refractivity contribution < 1.29 is 18.4 Å². The number of nitrogens with zero attached hydrogens (tertiary/aromatic N) is 2. The number of thiazole rings is 1. The Kier molecular flexibility index (Phi) is 6.03. The predicted molar refractivity (Wildman–Crippen MR) is 108 cm³/mol. The van der Waals surface area contributed by atoms with Crippen LogP contribution in [0, 0.1) is 25.5 Å². The van der Waals surface area contributed by atoms with E-state index >= 15 is 0 Å². The highest BCUT2D eigenvalue weighted by Gasteiger charge is 2.18. The molecule has 0 radical (unpaired) electrons. The second kappa shape index (κ2) is 8.48. The van der Waals surface area contributed by atoms with Crippen molar-refractivity contribution in [2.75, 3.05) is 11.9 Å². The number of aromatic nitrogens is 1. The largest absolute Gasteiger partial charge is 0.346 e. The maximum absolute atomic E-state index is 13.7. The van der Waals surface area contributed by atoms with Crippen LogP contribution < -0.4 is 10.2 Å². The van der Waals surface area contributed by atoms with Crippen LogP contribution in [0.15, 0.2) is 41.8 Å². The van der Waals surface area contributed by atoms with E-state index in [1.54, 1.807) is 50.5 Å². The molecule has 0 aliphatic rings. The van der Waals surface area contributed by atoms with Crippen molar-refractivity contribution in [2.24, 2.45) is 0 Å². The smallest absolute Gasteiger partial charge is 0.259 e. The SMILES string of the molecule is Cc1ccc(C(=O)NCc2csc(N(C)C(=O)c3ccc(C)c(F)c3)n2)cc1F. The first-order valence-corrected chi connectivity index (χ1v) is 9.67. The number of rotatable bonds is 5. The Hall–Kier alpha value is -3.13. The summed E-state index contributed by atoms with van der Waals surface area (Å²) >= 11 is 1.23. The normalized spacial score (nSPS) is 10.7. The molecule has 3 aromatic rings. The van der Waals surface area contributed by atoms with Gasteiger partial charge in [-0.25, -0.2) is 13.8 Å². The zero-order valence-electron chi connectivity index (χ0n) is 16.1. The summed E-state index contributed by atoms with van der Waals surface area (Å²) in [5, 5.41) is 4.81. The molecule has 29 heavy (non-hydrogen) atoms. The molecule has 5 nitrogen and oxygen atoms in total. The molecule has 0 saturated carbocycles. The lowest BCUT2D eigenvalue weighted by Crippen LogP contribution is -2.26. The second-order valence-corrected chi connectivity index (χ2v) is 7.43. The Morgan fingerprint density at radius 3 is 2.24 bits per heavy atom. The molecule has 0 aliphatic carbocycles. The number of benzene rings is 2. The number of carbonyl (C=O) groups is 2. The molecular weight excluding hydrogens is 396 g/mol. The van der Waals surface area contributed by atoms with Crippen LogP contribution in [0.2, 0.25) is 0 Å². The average Bonchev–Trinajstić information content (AvgIpc) is 3.18. The number of hydrogen-bond acceptors (Lipinski definition) is 4. The van der Waals surface area contributed by atoms with Crippen molar-refractivity contribution >= 4 is 28.3 Å². The molecule has 0 saturated heterocycles. The highest BCUT2D eigenvalue weighted by molar-refractivity contribution is 7.14. The van der Waals surface area contributed by atoms with Crippen LogP contribution in [-0.4, -0.2) is 23.8 Å². The average molecular weight is 415 g/mol. The third kappa shape index (κ3) is 4.65. The van der Waals surface area contributed by atoms with Crippen molar-refractivity contribution in [1.29, 1.82) is 0 Å². The molecule has 1 N–H and O–H groups in total. The van der Waals surface area contributed by atoms with E-state index in [4.69, 9.17) is 0 Å². The molecule has 0 bridgehead atoms. The summed E-state index contributed by atoms with van der Waals surface area (Å²) in [6.45, 7) is 3.38. The van der Waals surface area contributed by atoms with E-state index < -0.39 is 17.5 Å². The summed E-state index contributed by atoms with van der Waals surface area (Å²) < 4.78 is 27.3. The van der Waals surface area contributed by atoms with E-state index in [1.807, 2.05) is 0 Å². The van der Waals surface area contributed by atoms with Gasteiger partial charge < -0.3 is 5.32 Å². The Morgan fingerprint density at radius 1 is 1.03 bits per heavy atom. The van der Waals surface area contributed by atoms with Gasteiger partial charge in [-0.05, 0) is 49.2 Å². The minimum Gasteiger partial charge on any atom is -0.346 e. The molecule has 8 heteroatoms. The van der Waals surface area contributed by atoms with Crippen LogP contribution in [0.3, 0.4) is 0 Å². The Morgan fingerprint density at radius 2 is 1.62 bits per heavy atom. The number of hydrogen-bond donors (Lipinski definition) is 1. The van der Waals surface area contributed by atoms with Gasteiger partial charge in [0, 0.05) is 23.6 Å². The summed E-state index contributed by atoms with van der Waals surface area (Å²) in [6, 6.07) is 8.58. The van der Waals surface area contributed by atoms with Gasteiger partial charge in [0.1, 0.15) is 11.6 Å². The minimum atomic E-state index is -0.445. The summed E-state index contributed by atoms with van der Waals surface area (Å²) in [4.78, 5) is 30.4. The maximum atomic E-state index is 13.7. The van der Waals surface area contributed by atoms with Gasteiger partial charge in [0.15, 0.2) is 5.13 Å². The topological polar surface area (TPSA) is 62.3 Å². The molecule has 3 rings (SSSR count). The molecule has 1 aromatic heterocycles. The van der Waals surface area contributed by atoms with Crippen LogP contribution >= 0.6 is 11.3 Å². The van der Waals surface area contributed by atoms with E-state index in [-0.39, 0.29) is 23.6 Å². The quantitative estimate of drug-likeness (QED) is 0.678. The van der Waals surface area contributed by atoms with Gasteiger partial charge >= 0.3 is 0 Å². The summed E-state index contributed by atoms with van der Waals surface area (Å²) in [5.41, 5.74) is 1.93. The van der Waals surface area contributed by atoms with E-state index in [0.717, 1.165) is 0 Å². The highest BCUT2D eigenvalue weighted by atomic mass is 32.1. The molecule has 150 valence electrons. The number of anilines is 1. The third-order valence-electron chi connectivity index (χ3n) is 4.41. The summed E-state index contributed by atoms with van der Waals surface area (Å²) in [7, 11) is 1.55. The van der Waals surface area contributed by atoms with Crippen molar-refractivity contribution in [2.45, 2.75) is 20.4 Å². The summed E-state index contributed by atoms with van der Waals surface area (Å²) in [6.07, 6.45) is 0. The number of aryl methyl sites for hydroxylation is 2. The van der Waals surface area contributed by atoms with Gasteiger partial charge in [-0.3, -0.25) is 14.5 Å². The minimum absolute atomic E-state index is 0.131. The maximum Gasteiger partial charge on any atom is 0.259 e. The lowest BCUT2D eigenvalue weighted by atomic mass is 10.1. The molecule has 0 atom stereocenters. The highest BCUT2D eigenvalue weighted by Crippen LogP contribution is 2.22. The van der Waals surface area contributed by atoms with Gasteiger partial charge in [-0.15, -0.1) is 11.3 Å². The fourth-order valence-corrected chi connectivity index (χ4v) is 3.33. The zero-order valence-corrected chi connectivity index (χ0v) is 16.9. The molecule has 0 aliphatic heterocycles. The Labute approximate surface area is 171 Å². The van der Waals surface area contributed by atoms with E-state index in [2.05, 4.69) is 10.3 Å². The number of nitrogens with one attached hydrogen (secondary N) is 1. The molecule has 2 aromatic carbocycles. The van der Waals surface area contributed by atoms with Gasteiger partial charge in [0.25, 0.3) is 11.8 Å². The second-order valence-electron chi connectivity index (χ2n) is 6.60. The van der Waals surface area contributed by atoms with Gasteiger partial charge in [0.05, 0.1) is 12.2 Å². The number of amides is 2. The number of carbonyl (C=O) groups excluding carboxylic acids is 2. The molecule has 2 amide bonds. The molecule has 0 spiro atoms. The molecule has 0 fully saturated rings. The predicted octanol–water partition coefficient (Wildman–Crippen LogP) is 4.24. The van der Waals surface area contributed by atoms with E-state index in [0.29, 0.717) is 22.0 Å². The standard InChI is InChI=1S/C21H19F2N3O2S/c1-12-4-6-14(8-17(12)22)19(27)24-10-16-11-29-21(25-16)26(3)20(28)15-7-5-13(2)18(23)9-15/h4-9,11H,10H2,1-3H3,(H,24,27). The first kappa shape index (κ1) is 20.6. The lowest BCUT2D eigenvalue weighted by molar-refractivity contribution is 0.0948. The van der Waals surface area contributed by atoms with E-state index in [9.17, 15) is 18.4 Å². The van der Waals surface area contributed by atoms with Crippen molar-refractivity contribution in [3.8, 4) is 0 Å². The van der Waals surface area contributed by atoms with Gasteiger partial charge in [-0.2, -0.15) is 0 Å². The van der Waals surface area contributed by atoms with Crippen LogP contribution in [0.25, 0.3) is 0 Å². The summed E-state index contributed by atoms with van der Waals surface area (Å²) in [5.74, 6) is -1.69. The fourth-order valence-electron chi connectivity index (χ4n) is 2.54. The van der Waals surface area contributed by atoms with Crippen molar-refractivity contribution in [1.82, 2.24) is 10.3 Å². The fraction of sp³-hybridized carbons (Fsp3) is 0.190. The zero-order chi connectivity index (χ0) is 21.1. The van der Waals surface area contributed by atoms with Crippen LogP contribution in [0.4, 0.5) is 13.9 Å². The van der Waals surface area contributed by atoms with E-state index in [1.165, 1.54) is 28.4 Å². The number of halogens is 2. The molecule has 0 unspecified atom stereocenters. The Bertz CT molecular complexity index is 1080. The molecule has 1 heterocycles. The first-order valence-electron chi connectivity index (χ1n) is 8.79. The van der Waals surface area contributed by atoms with Crippen LogP contribution in [0.5, 0.6) is 0 Å². The lowest BCUT2D eigenvalue weighted by Gasteiger charge is -2.14. The Balaban J connectivity index is 1.65. The monoisotopic (exact) mass is 415 g/mol. The van der Waals surface area contributed by atoms with Crippen LogP contribution in [-0.2, 0) is 6.54 Å². The van der Waals surface area contributed by atoms with Gasteiger partial charge in [0.2, 0.25) is 0 Å². The van der Waals surface area contributed by atoms with Gasteiger partial charge in [-0.1, -0.05) is 12.1 Å². The van der Waals surface area contributed by atoms with Crippen molar-refractivity contribution in [3.05, 3.63) is 81.4 Å².